The molecule has 0 aliphatic heterocycles. The van der Waals surface area contributed by atoms with Gasteiger partial charge in [0.15, 0.2) is 0 Å². The van der Waals surface area contributed by atoms with Crippen LogP contribution < -0.4 is 5.32 Å². The summed E-state index contributed by atoms with van der Waals surface area (Å²) in [5, 5.41) is 8.47. The highest BCUT2D eigenvalue weighted by Crippen LogP contribution is 2.30. The van der Waals surface area contributed by atoms with Crippen LogP contribution in [-0.2, 0) is 11.2 Å². The van der Waals surface area contributed by atoms with Gasteiger partial charge in [-0.2, -0.15) is 5.10 Å². The maximum absolute atomic E-state index is 12.4. The molecule has 1 N–H and O–H groups in total. The third kappa shape index (κ3) is 3.74. The fourth-order valence-electron chi connectivity index (χ4n) is 3.48. The van der Waals surface area contributed by atoms with Crippen LogP contribution in [-0.4, -0.2) is 20.7 Å². The quantitative estimate of drug-likeness (QED) is 0.730. The van der Waals surface area contributed by atoms with Gasteiger partial charge in [-0.1, -0.05) is 31.4 Å². The summed E-state index contributed by atoms with van der Waals surface area (Å²) in [6.45, 7) is 0. The van der Waals surface area contributed by atoms with Crippen LogP contribution in [0.15, 0.2) is 36.5 Å². The van der Waals surface area contributed by atoms with Crippen molar-refractivity contribution < 1.29 is 4.79 Å². The number of benzene rings is 1. The first-order valence-electron chi connectivity index (χ1n) is 8.97. The van der Waals surface area contributed by atoms with Gasteiger partial charge in [-0.25, -0.2) is 9.67 Å². The molecule has 0 radical (unpaired) electrons. The molecule has 0 saturated heterocycles. The Balaban J connectivity index is 1.37. The Hall–Kier alpha value is -2.21. The van der Waals surface area contributed by atoms with Crippen LogP contribution in [0, 0.1) is 0 Å². The highest BCUT2D eigenvalue weighted by molar-refractivity contribution is 7.18. The number of aryl methyl sites for hydroxylation is 1. The molecule has 0 unspecified atom stereocenters. The summed E-state index contributed by atoms with van der Waals surface area (Å²) in [6, 6.07) is 10.4. The zero-order valence-corrected chi connectivity index (χ0v) is 15.0. The number of para-hydroxylation sites is 1. The molecule has 1 saturated carbocycles. The average Bonchev–Trinajstić information content (AvgIpc) is 3.27. The molecule has 4 rings (SSSR count). The number of carbonyl (C=O) groups is 1. The van der Waals surface area contributed by atoms with Gasteiger partial charge in [-0.3, -0.25) is 4.79 Å². The lowest BCUT2D eigenvalue weighted by Gasteiger charge is -2.23. The van der Waals surface area contributed by atoms with Crippen LogP contribution in [0.5, 0.6) is 0 Å². The summed E-state index contributed by atoms with van der Waals surface area (Å²) in [6.07, 6.45) is 8.98. The summed E-state index contributed by atoms with van der Waals surface area (Å²) in [5.41, 5.74) is 1.01. The molecule has 1 aliphatic rings. The minimum absolute atomic E-state index is 0.0248. The molecule has 3 aromatic rings. The number of aromatic nitrogens is 3. The standard InChI is InChI=1S/C19H22N4OS/c24-18(10-11-19-21-15-8-4-5-9-16(15)25-19)22-17-12-13-20-23(17)14-6-2-1-3-7-14/h4-5,8-9,12-14H,1-3,6-7,10-11H2,(H,22,24). The molecular formula is C19H22N4OS. The van der Waals surface area contributed by atoms with E-state index in [-0.39, 0.29) is 5.91 Å². The van der Waals surface area contributed by atoms with E-state index in [1.54, 1.807) is 17.5 Å². The van der Waals surface area contributed by atoms with Gasteiger partial charge in [-0.05, 0) is 25.0 Å². The number of nitrogens with one attached hydrogen (secondary N) is 1. The minimum Gasteiger partial charge on any atom is -0.311 e. The van der Waals surface area contributed by atoms with E-state index in [1.165, 1.54) is 24.0 Å². The lowest BCUT2D eigenvalue weighted by Crippen LogP contribution is -2.20. The van der Waals surface area contributed by atoms with Crippen molar-refractivity contribution in [3.05, 3.63) is 41.5 Å². The van der Waals surface area contributed by atoms with Crippen LogP contribution in [0.4, 0.5) is 5.82 Å². The Morgan fingerprint density at radius 2 is 2.04 bits per heavy atom. The van der Waals surface area contributed by atoms with E-state index in [4.69, 9.17) is 0 Å². The Morgan fingerprint density at radius 3 is 2.88 bits per heavy atom. The van der Waals surface area contributed by atoms with E-state index in [0.717, 1.165) is 29.2 Å². The van der Waals surface area contributed by atoms with Gasteiger partial charge >= 0.3 is 0 Å². The van der Waals surface area contributed by atoms with Crippen molar-refractivity contribution in [3.8, 4) is 0 Å². The van der Waals surface area contributed by atoms with Crippen molar-refractivity contribution in [1.29, 1.82) is 0 Å². The SMILES string of the molecule is O=C(CCc1nc2ccccc2s1)Nc1ccnn1C1CCCCC1. The summed E-state index contributed by atoms with van der Waals surface area (Å²) >= 11 is 1.66. The zero-order chi connectivity index (χ0) is 17.1. The third-order valence-corrected chi connectivity index (χ3v) is 5.86. The number of hydrogen-bond donors (Lipinski definition) is 1. The number of anilines is 1. The topological polar surface area (TPSA) is 59.8 Å². The van der Waals surface area contributed by atoms with Crippen molar-refractivity contribution >= 4 is 33.3 Å². The maximum Gasteiger partial charge on any atom is 0.225 e. The van der Waals surface area contributed by atoms with Crippen molar-refractivity contribution in [1.82, 2.24) is 14.8 Å². The monoisotopic (exact) mass is 354 g/mol. The molecule has 2 aromatic heterocycles. The first-order valence-corrected chi connectivity index (χ1v) is 9.79. The second-order valence-corrected chi connectivity index (χ2v) is 7.69. The number of nitrogens with zero attached hydrogens (tertiary/aromatic N) is 3. The fraction of sp³-hybridized carbons (Fsp3) is 0.421. The molecule has 1 aliphatic carbocycles. The molecule has 1 fully saturated rings. The average molecular weight is 354 g/mol. The van der Waals surface area contributed by atoms with Gasteiger partial charge in [0.1, 0.15) is 5.82 Å². The Labute approximate surface area is 151 Å². The number of amides is 1. The molecule has 130 valence electrons. The van der Waals surface area contributed by atoms with E-state index < -0.39 is 0 Å². The van der Waals surface area contributed by atoms with Crippen LogP contribution >= 0.6 is 11.3 Å². The second-order valence-electron chi connectivity index (χ2n) is 6.58. The van der Waals surface area contributed by atoms with Crippen LogP contribution in [0.3, 0.4) is 0 Å². The van der Waals surface area contributed by atoms with Gasteiger partial charge in [0.05, 0.1) is 27.5 Å². The second kappa shape index (κ2) is 7.35. The van der Waals surface area contributed by atoms with Gasteiger partial charge in [0, 0.05) is 18.9 Å². The number of hydrogen-bond acceptors (Lipinski definition) is 4. The Kier molecular flexibility index (Phi) is 4.78. The summed E-state index contributed by atoms with van der Waals surface area (Å²) < 4.78 is 3.17. The molecule has 0 bridgehead atoms. The van der Waals surface area contributed by atoms with E-state index in [9.17, 15) is 4.79 Å². The number of thiazole rings is 1. The summed E-state index contributed by atoms with van der Waals surface area (Å²) in [5.74, 6) is 0.845. The van der Waals surface area contributed by atoms with E-state index >= 15 is 0 Å². The zero-order valence-electron chi connectivity index (χ0n) is 14.1. The predicted octanol–water partition coefficient (Wildman–Crippen LogP) is 4.57. The van der Waals surface area contributed by atoms with Gasteiger partial charge in [0.25, 0.3) is 0 Å². The van der Waals surface area contributed by atoms with Crippen LogP contribution in [0.2, 0.25) is 0 Å². The number of fused-ring (bicyclic) bond motifs is 1. The van der Waals surface area contributed by atoms with E-state index in [1.807, 2.05) is 28.9 Å². The molecule has 1 aromatic carbocycles. The van der Waals surface area contributed by atoms with Crippen LogP contribution in [0.1, 0.15) is 49.6 Å². The molecule has 1 amide bonds. The maximum atomic E-state index is 12.4. The highest BCUT2D eigenvalue weighted by atomic mass is 32.1. The Bertz CT molecular complexity index is 830. The molecule has 0 atom stereocenters. The van der Waals surface area contributed by atoms with Crippen LogP contribution in [0.25, 0.3) is 10.2 Å². The molecule has 6 heteroatoms. The predicted molar refractivity (Wildman–Crippen MR) is 101 cm³/mol. The largest absolute Gasteiger partial charge is 0.311 e. The van der Waals surface area contributed by atoms with Crippen molar-refractivity contribution in [2.75, 3.05) is 5.32 Å². The van der Waals surface area contributed by atoms with Crippen molar-refractivity contribution in [2.24, 2.45) is 0 Å². The third-order valence-electron chi connectivity index (χ3n) is 4.76. The first-order chi connectivity index (χ1) is 12.3. The number of rotatable bonds is 5. The lowest BCUT2D eigenvalue weighted by molar-refractivity contribution is -0.116. The normalized spacial score (nSPS) is 15.5. The summed E-state index contributed by atoms with van der Waals surface area (Å²) in [7, 11) is 0. The smallest absolute Gasteiger partial charge is 0.225 e. The molecule has 5 nitrogen and oxygen atoms in total. The van der Waals surface area contributed by atoms with E-state index in [0.29, 0.717) is 18.9 Å². The van der Waals surface area contributed by atoms with Gasteiger partial charge in [-0.15, -0.1) is 11.3 Å². The lowest BCUT2D eigenvalue weighted by atomic mass is 9.96. The van der Waals surface area contributed by atoms with Crippen molar-refractivity contribution in [2.45, 2.75) is 51.0 Å². The summed E-state index contributed by atoms with van der Waals surface area (Å²) in [4.78, 5) is 17.0. The van der Waals surface area contributed by atoms with Gasteiger partial charge in [0.2, 0.25) is 5.91 Å². The molecule has 2 heterocycles. The first kappa shape index (κ1) is 16.3. The van der Waals surface area contributed by atoms with E-state index in [2.05, 4.69) is 21.5 Å². The highest BCUT2D eigenvalue weighted by Gasteiger charge is 2.19. The minimum atomic E-state index is 0.0248. The number of carbonyl (C=O) groups excluding carboxylic acids is 1. The van der Waals surface area contributed by atoms with Crippen molar-refractivity contribution in [3.63, 3.8) is 0 Å². The Morgan fingerprint density at radius 1 is 1.20 bits per heavy atom. The molecule has 25 heavy (non-hydrogen) atoms. The van der Waals surface area contributed by atoms with Gasteiger partial charge < -0.3 is 5.32 Å². The fourth-order valence-corrected chi connectivity index (χ4v) is 4.45. The molecular weight excluding hydrogens is 332 g/mol. The molecule has 0 spiro atoms.